The number of rotatable bonds is 2. The van der Waals surface area contributed by atoms with Crippen LogP contribution >= 0.6 is 0 Å². The van der Waals surface area contributed by atoms with Crippen molar-refractivity contribution in [2.75, 3.05) is 0 Å². The van der Waals surface area contributed by atoms with E-state index in [1.807, 2.05) is 6.07 Å². The van der Waals surface area contributed by atoms with Crippen LogP contribution in [0.4, 0.5) is 0 Å². The van der Waals surface area contributed by atoms with Crippen molar-refractivity contribution in [3.8, 4) is 0 Å². The van der Waals surface area contributed by atoms with E-state index in [4.69, 9.17) is 4.74 Å². The first-order chi connectivity index (χ1) is 8.95. The zero-order valence-corrected chi connectivity index (χ0v) is 11.8. The van der Waals surface area contributed by atoms with Crippen molar-refractivity contribution in [2.24, 2.45) is 16.7 Å². The van der Waals surface area contributed by atoms with E-state index >= 15 is 0 Å². The van der Waals surface area contributed by atoms with Gasteiger partial charge in [-0.25, -0.2) is 9.78 Å². The van der Waals surface area contributed by atoms with Crippen molar-refractivity contribution in [3.05, 3.63) is 30.1 Å². The smallest absolute Gasteiger partial charge is 0.357 e. The van der Waals surface area contributed by atoms with Gasteiger partial charge in [0.2, 0.25) is 0 Å². The standard InChI is InChI=1S/C16H21NO2/c1-15(2)11-7-8-16(15,3)13(10-11)19-14(18)12-6-4-5-9-17-12/h4-6,9,11,13H,7-8,10H2,1-3H3/t11-,13-,16-/m1/s1. The van der Waals surface area contributed by atoms with Crippen LogP contribution in [0, 0.1) is 16.7 Å². The van der Waals surface area contributed by atoms with Crippen molar-refractivity contribution >= 4 is 5.97 Å². The van der Waals surface area contributed by atoms with Crippen molar-refractivity contribution in [3.63, 3.8) is 0 Å². The molecule has 3 rings (SSSR count). The molecule has 1 heterocycles. The Balaban J connectivity index is 1.78. The number of fused-ring (bicyclic) bond motifs is 2. The molecular weight excluding hydrogens is 238 g/mol. The van der Waals surface area contributed by atoms with E-state index < -0.39 is 0 Å². The minimum atomic E-state index is -0.282. The Hall–Kier alpha value is -1.38. The predicted octanol–water partition coefficient (Wildman–Crippen LogP) is 3.45. The van der Waals surface area contributed by atoms with Gasteiger partial charge in [-0.05, 0) is 42.7 Å². The molecule has 0 aromatic carbocycles. The van der Waals surface area contributed by atoms with E-state index in [1.54, 1.807) is 18.3 Å². The third kappa shape index (κ3) is 1.71. The maximum Gasteiger partial charge on any atom is 0.357 e. The van der Waals surface area contributed by atoms with Crippen LogP contribution in [0.25, 0.3) is 0 Å². The maximum atomic E-state index is 12.1. The summed E-state index contributed by atoms with van der Waals surface area (Å²) in [5.41, 5.74) is 0.788. The second-order valence-electron chi connectivity index (χ2n) is 6.72. The van der Waals surface area contributed by atoms with Gasteiger partial charge in [0.25, 0.3) is 0 Å². The lowest BCUT2D eigenvalue weighted by molar-refractivity contribution is -0.0247. The molecule has 0 spiro atoms. The summed E-state index contributed by atoms with van der Waals surface area (Å²) in [4.78, 5) is 16.2. The number of ether oxygens (including phenoxy) is 1. The van der Waals surface area contributed by atoms with E-state index in [0.717, 1.165) is 12.8 Å². The van der Waals surface area contributed by atoms with Crippen molar-refractivity contribution in [2.45, 2.75) is 46.1 Å². The number of esters is 1. The molecule has 2 saturated carbocycles. The maximum absolute atomic E-state index is 12.1. The fourth-order valence-electron chi connectivity index (χ4n) is 3.98. The molecule has 0 unspecified atom stereocenters. The zero-order chi connectivity index (χ0) is 13.7. The third-order valence-electron chi connectivity index (χ3n) is 5.84. The van der Waals surface area contributed by atoms with E-state index in [2.05, 4.69) is 25.8 Å². The Labute approximate surface area is 114 Å². The lowest BCUT2D eigenvalue weighted by Gasteiger charge is -2.38. The summed E-state index contributed by atoms with van der Waals surface area (Å²) in [6, 6.07) is 5.33. The summed E-state index contributed by atoms with van der Waals surface area (Å²) in [5, 5.41) is 0. The summed E-state index contributed by atoms with van der Waals surface area (Å²) < 4.78 is 5.77. The first kappa shape index (κ1) is 12.6. The molecule has 2 aliphatic rings. The van der Waals surface area contributed by atoms with E-state index in [-0.39, 0.29) is 22.9 Å². The van der Waals surface area contributed by atoms with Gasteiger partial charge in [0.15, 0.2) is 0 Å². The number of hydrogen-bond donors (Lipinski definition) is 0. The van der Waals surface area contributed by atoms with Crippen LogP contribution in [0.1, 0.15) is 50.5 Å². The lowest BCUT2D eigenvalue weighted by Crippen LogP contribution is -2.38. The van der Waals surface area contributed by atoms with E-state index in [9.17, 15) is 4.79 Å². The van der Waals surface area contributed by atoms with Gasteiger partial charge in [-0.1, -0.05) is 26.8 Å². The molecule has 0 saturated heterocycles. The molecule has 19 heavy (non-hydrogen) atoms. The fraction of sp³-hybridized carbons (Fsp3) is 0.625. The van der Waals surface area contributed by atoms with Gasteiger partial charge < -0.3 is 4.74 Å². The Morgan fingerprint density at radius 2 is 2.16 bits per heavy atom. The van der Waals surface area contributed by atoms with Crippen LogP contribution < -0.4 is 0 Å². The van der Waals surface area contributed by atoms with Gasteiger partial charge in [0.05, 0.1) is 0 Å². The molecule has 2 fully saturated rings. The molecule has 3 nitrogen and oxygen atoms in total. The van der Waals surface area contributed by atoms with Crippen LogP contribution in [0.15, 0.2) is 24.4 Å². The summed E-state index contributed by atoms with van der Waals surface area (Å²) in [6.07, 6.45) is 5.09. The van der Waals surface area contributed by atoms with E-state index in [0.29, 0.717) is 11.6 Å². The average molecular weight is 259 g/mol. The Morgan fingerprint density at radius 3 is 2.68 bits per heavy atom. The molecule has 2 bridgehead atoms. The summed E-state index contributed by atoms with van der Waals surface area (Å²) in [5.74, 6) is 0.397. The highest BCUT2D eigenvalue weighted by molar-refractivity contribution is 5.87. The SMILES string of the molecule is CC1(C)[C@@H]2CC[C@]1(C)[C@H](OC(=O)c1ccccn1)C2. The van der Waals surface area contributed by atoms with Gasteiger partial charge in [0.1, 0.15) is 11.8 Å². The zero-order valence-electron chi connectivity index (χ0n) is 11.8. The molecule has 0 N–H and O–H groups in total. The van der Waals surface area contributed by atoms with Gasteiger partial charge >= 0.3 is 5.97 Å². The number of nitrogens with zero attached hydrogens (tertiary/aromatic N) is 1. The molecule has 3 heteroatoms. The first-order valence-corrected chi connectivity index (χ1v) is 7.07. The van der Waals surface area contributed by atoms with Crippen LogP contribution in [0.5, 0.6) is 0 Å². The number of hydrogen-bond acceptors (Lipinski definition) is 3. The van der Waals surface area contributed by atoms with Gasteiger partial charge in [-0.3, -0.25) is 0 Å². The Kier molecular flexibility index (Phi) is 2.70. The van der Waals surface area contributed by atoms with Crippen LogP contribution in [0.3, 0.4) is 0 Å². The molecule has 1 aromatic rings. The Bertz CT molecular complexity index is 497. The van der Waals surface area contributed by atoms with Crippen LogP contribution in [0.2, 0.25) is 0 Å². The molecule has 0 radical (unpaired) electrons. The topological polar surface area (TPSA) is 39.2 Å². The lowest BCUT2D eigenvalue weighted by atomic mass is 9.70. The number of aromatic nitrogens is 1. The average Bonchev–Trinajstić information content (AvgIpc) is 2.73. The summed E-state index contributed by atoms with van der Waals surface area (Å²) in [6.45, 7) is 6.91. The summed E-state index contributed by atoms with van der Waals surface area (Å²) >= 11 is 0. The highest BCUT2D eigenvalue weighted by Crippen LogP contribution is 2.66. The third-order valence-corrected chi connectivity index (χ3v) is 5.84. The minimum Gasteiger partial charge on any atom is -0.457 e. The highest BCUT2D eigenvalue weighted by atomic mass is 16.5. The summed E-state index contributed by atoms with van der Waals surface area (Å²) in [7, 11) is 0. The van der Waals surface area contributed by atoms with Gasteiger partial charge in [-0.15, -0.1) is 0 Å². The second-order valence-corrected chi connectivity index (χ2v) is 6.72. The van der Waals surface area contributed by atoms with Gasteiger partial charge in [0, 0.05) is 11.6 Å². The van der Waals surface area contributed by atoms with E-state index in [1.165, 1.54) is 6.42 Å². The molecule has 102 valence electrons. The quantitative estimate of drug-likeness (QED) is 0.764. The molecule has 3 atom stereocenters. The molecule has 1 aromatic heterocycles. The number of carbonyl (C=O) groups excluding carboxylic acids is 1. The second kappa shape index (κ2) is 4.06. The molecule has 0 aliphatic heterocycles. The van der Waals surface area contributed by atoms with Gasteiger partial charge in [-0.2, -0.15) is 0 Å². The molecule has 2 aliphatic carbocycles. The largest absolute Gasteiger partial charge is 0.457 e. The van der Waals surface area contributed by atoms with Crippen LogP contribution in [-0.4, -0.2) is 17.1 Å². The number of carbonyl (C=O) groups is 1. The van der Waals surface area contributed by atoms with Crippen molar-refractivity contribution < 1.29 is 9.53 Å². The molecule has 0 amide bonds. The first-order valence-electron chi connectivity index (χ1n) is 7.07. The van der Waals surface area contributed by atoms with Crippen LogP contribution in [-0.2, 0) is 4.74 Å². The normalized spacial score (nSPS) is 35.3. The monoisotopic (exact) mass is 259 g/mol. The number of pyridine rings is 1. The highest BCUT2D eigenvalue weighted by Gasteiger charge is 2.62. The molecular formula is C16H21NO2. The van der Waals surface area contributed by atoms with Crippen molar-refractivity contribution in [1.29, 1.82) is 0 Å². The predicted molar refractivity (Wildman–Crippen MR) is 72.7 cm³/mol. The minimum absolute atomic E-state index is 0.0377. The Morgan fingerprint density at radius 1 is 1.37 bits per heavy atom. The van der Waals surface area contributed by atoms with Crippen molar-refractivity contribution in [1.82, 2.24) is 4.98 Å². The fourth-order valence-corrected chi connectivity index (χ4v) is 3.98.